The molecule has 0 saturated carbocycles. The van der Waals surface area contributed by atoms with E-state index in [1.54, 1.807) is 23.1 Å². The summed E-state index contributed by atoms with van der Waals surface area (Å²) in [6.45, 7) is 8.13. The monoisotopic (exact) mass is 484 g/mol. The van der Waals surface area contributed by atoms with Gasteiger partial charge in [0.25, 0.3) is 0 Å². The SMILES string of the molecule is C=CCN(CCCC)C(=O)C1N([C@H](CO)c2ccccc2)C(=O)[C@@H]2[C@H](C(=O)O)[C@]3(CC)CCC12O3. The largest absolute Gasteiger partial charge is 0.481 e. The number of likely N-dealkylation sites (tertiary alicyclic amines) is 1. The lowest BCUT2D eigenvalue weighted by molar-refractivity contribution is -0.160. The van der Waals surface area contributed by atoms with Gasteiger partial charge in [-0.2, -0.15) is 0 Å². The Hall–Kier alpha value is -2.71. The van der Waals surface area contributed by atoms with E-state index in [-0.39, 0.29) is 5.91 Å². The average molecular weight is 485 g/mol. The van der Waals surface area contributed by atoms with E-state index in [1.807, 2.05) is 32.0 Å². The van der Waals surface area contributed by atoms with Crippen molar-refractivity contribution in [2.24, 2.45) is 11.8 Å². The summed E-state index contributed by atoms with van der Waals surface area (Å²) in [5, 5.41) is 20.7. The molecule has 2 amide bonds. The number of unbranched alkanes of at least 4 members (excludes halogenated alkanes) is 1. The van der Waals surface area contributed by atoms with Crippen LogP contribution in [0.1, 0.15) is 57.6 Å². The number of carboxylic acids is 1. The molecule has 2 unspecified atom stereocenters. The van der Waals surface area contributed by atoms with Crippen LogP contribution in [0.2, 0.25) is 0 Å². The Bertz CT molecular complexity index is 983. The lowest BCUT2D eigenvalue weighted by Crippen LogP contribution is -2.57. The quantitative estimate of drug-likeness (QED) is 0.468. The Morgan fingerprint density at radius 2 is 2.00 bits per heavy atom. The van der Waals surface area contributed by atoms with Gasteiger partial charge in [0.2, 0.25) is 11.8 Å². The number of hydrogen-bond acceptors (Lipinski definition) is 5. The van der Waals surface area contributed by atoms with Crippen molar-refractivity contribution in [1.82, 2.24) is 9.80 Å². The second-order valence-electron chi connectivity index (χ2n) is 9.95. The first-order chi connectivity index (χ1) is 16.8. The Labute approximate surface area is 206 Å². The molecule has 1 aromatic rings. The smallest absolute Gasteiger partial charge is 0.310 e. The van der Waals surface area contributed by atoms with Gasteiger partial charge in [-0.15, -0.1) is 6.58 Å². The number of fused-ring (bicyclic) bond motifs is 1. The van der Waals surface area contributed by atoms with E-state index < -0.39 is 53.6 Å². The van der Waals surface area contributed by atoms with E-state index in [9.17, 15) is 24.6 Å². The van der Waals surface area contributed by atoms with Gasteiger partial charge in [0.05, 0.1) is 24.2 Å². The maximum Gasteiger partial charge on any atom is 0.310 e. The van der Waals surface area contributed by atoms with E-state index in [2.05, 4.69) is 6.58 Å². The molecule has 8 nitrogen and oxygen atoms in total. The second-order valence-corrected chi connectivity index (χ2v) is 9.95. The summed E-state index contributed by atoms with van der Waals surface area (Å²) in [6.07, 6.45) is 4.69. The number of benzene rings is 1. The number of rotatable bonds is 11. The number of carboxylic acid groups (broad SMARTS) is 1. The molecule has 190 valence electrons. The Kier molecular flexibility index (Phi) is 7.06. The van der Waals surface area contributed by atoms with Crippen LogP contribution in [0.25, 0.3) is 0 Å². The van der Waals surface area contributed by atoms with Crippen LogP contribution in [0.15, 0.2) is 43.0 Å². The van der Waals surface area contributed by atoms with Crippen molar-refractivity contribution in [3.63, 3.8) is 0 Å². The second kappa shape index (κ2) is 9.74. The molecule has 35 heavy (non-hydrogen) atoms. The molecule has 3 aliphatic heterocycles. The van der Waals surface area contributed by atoms with Gasteiger partial charge in [-0.1, -0.05) is 56.7 Å². The third-order valence-electron chi connectivity index (χ3n) is 8.25. The summed E-state index contributed by atoms with van der Waals surface area (Å²) < 4.78 is 6.59. The molecule has 0 aliphatic carbocycles. The van der Waals surface area contributed by atoms with E-state index in [1.165, 1.54) is 4.90 Å². The van der Waals surface area contributed by atoms with E-state index >= 15 is 0 Å². The Balaban J connectivity index is 1.86. The maximum absolute atomic E-state index is 14.2. The molecular formula is C27H36N2O6. The van der Waals surface area contributed by atoms with Crippen LogP contribution >= 0.6 is 0 Å². The zero-order valence-electron chi connectivity index (χ0n) is 20.6. The number of ether oxygens (including phenoxy) is 1. The molecule has 3 saturated heterocycles. The van der Waals surface area contributed by atoms with Crippen molar-refractivity contribution >= 4 is 17.8 Å². The van der Waals surface area contributed by atoms with Gasteiger partial charge in [-0.3, -0.25) is 14.4 Å². The minimum Gasteiger partial charge on any atom is -0.481 e. The number of carbonyl (C=O) groups is 3. The molecule has 3 fully saturated rings. The first-order valence-electron chi connectivity index (χ1n) is 12.6. The standard InChI is InChI=1S/C27H36N2O6/c1-4-7-16-28(15-5-2)24(32)22-27-14-13-26(6-3,35-27)21(25(33)34)20(27)23(31)29(22)19(17-30)18-11-9-8-10-12-18/h5,8-12,19-22,30H,2,4,6-7,13-17H2,1,3H3,(H,33,34)/t19-,20+,21-,22?,26+,27?/m1/s1. The molecule has 6 atom stereocenters. The predicted molar refractivity (Wildman–Crippen MR) is 129 cm³/mol. The fraction of sp³-hybridized carbons (Fsp3) is 0.593. The predicted octanol–water partition coefficient (Wildman–Crippen LogP) is 2.77. The van der Waals surface area contributed by atoms with Gasteiger partial charge in [0, 0.05) is 13.1 Å². The van der Waals surface area contributed by atoms with Gasteiger partial charge >= 0.3 is 5.97 Å². The molecule has 2 N–H and O–H groups in total. The van der Waals surface area contributed by atoms with Crippen molar-refractivity contribution in [3.8, 4) is 0 Å². The van der Waals surface area contributed by atoms with E-state index in [4.69, 9.17) is 4.74 Å². The topological polar surface area (TPSA) is 107 Å². The van der Waals surface area contributed by atoms with Gasteiger partial charge in [-0.05, 0) is 31.2 Å². The van der Waals surface area contributed by atoms with Crippen LogP contribution in [0.5, 0.6) is 0 Å². The highest BCUT2D eigenvalue weighted by Gasteiger charge is 2.79. The average Bonchev–Trinajstić information content (AvgIpc) is 3.46. The van der Waals surface area contributed by atoms with Crippen molar-refractivity contribution in [3.05, 3.63) is 48.6 Å². The summed E-state index contributed by atoms with van der Waals surface area (Å²) in [4.78, 5) is 43.9. The molecule has 1 spiro atoms. The summed E-state index contributed by atoms with van der Waals surface area (Å²) in [5.74, 6) is -3.79. The zero-order chi connectivity index (χ0) is 25.4. The number of aliphatic hydroxyl groups is 1. The van der Waals surface area contributed by atoms with Gasteiger partial charge in [0.1, 0.15) is 17.6 Å². The minimum atomic E-state index is -1.24. The molecule has 4 rings (SSSR count). The van der Waals surface area contributed by atoms with Crippen LogP contribution in [0.4, 0.5) is 0 Å². The lowest BCUT2D eigenvalue weighted by Gasteiger charge is -2.39. The normalized spacial score (nSPS) is 31.9. The van der Waals surface area contributed by atoms with E-state index in [0.717, 1.165) is 12.8 Å². The Morgan fingerprint density at radius 3 is 2.57 bits per heavy atom. The first-order valence-corrected chi connectivity index (χ1v) is 12.6. The number of aliphatic hydroxyl groups excluding tert-OH is 1. The van der Waals surface area contributed by atoms with Crippen molar-refractivity contribution in [1.29, 1.82) is 0 Å². The van der Waals surface area contributed by atoms with Crippen LogP contribution in [0.3, 0.4) is 0 Å². The van der Waals surface area contributed by atoms with Crippen molar-refractivity contribution < 1.29 is 29.3 Å². The third-order valence-corrected chi connectivity index (χ3v) is 8.25. The summed E-state index contributed by atoms with van der Waals surface area (Å²) >= 11 is 0. The number of carbonyl (C=O) groups excluding carboxylic acids is 2. The fourth-order valence-electron chi connectivity index (χ4n) is 6.65. The third kappa shape index (κ3) is 3.78. The summed E-state index contributed by atoms with van der Waals surface area (Å²) in [6, 6.07) is 7.27. The minimum absolute atomic E-state index is 0.276. The molecule has 3 heterocycles. The van der Waals surface area contributed by atoms with Crippen molar-refractivity contribution in [2.75, 3.05) is 19.7 Å². The first kappa shape index (κ1) is 25.4. The molecular weight excluding hydrogens is 448 g/mol. The van der Waals surface area contributed by atoms with Crippen LogP contribution in [-0.4, -0.2) is 74.7 Å². The number of nitrogens with zero attached hydrogens (tertiary/aromatic N) is 2. The van der Waals surface area contributed by atoms with Crippen LogP contribution in [0, 0.1) is 11.8 Å². The highest BCUT2D eigenvalue weighted by molar-refractivity contribution is 5.98. The molecule has 0 radical (unpaired) electrons. The van der Waals surface area contributed by atoms with Crippen LogP contribution < -0.4 is 0 Å². The van der Waals surface area contributed by atoms with Gasteiger partial charge in [-0.25, -0.2) is 0 Å². The highest BCUT2D eigenvalue weighted by atomic mass is 16.5. The number of amides is 2. The summed E-state index contributed by atoms with van der Waals surface area (Å²) in [5.41, 5.74) is -1.51. The van der Waals surface area contributed by atoms with Crippen molar-refractivity contribution in [2.45, 2.75) is 69.2 Å². The molecule has 8 heteroatoms. The zero-order valence-corrected chi connectivity index (χ0v) is 20.6. The fourth-order valence-corrected chi connectivity index (χ4v) is 6.65. The molecule has 3 aliphatic rings. The highest BCUT2D eigenvalue weighted by Crippen LogP contribution is 2.65. The molecule has 0 aromatic heterocycles. The van der Waals surface area contributed by atoms with E-state index in [0.29, 0.717) is 37.9 Å². The number of hydrogen-bond donors (Lipinski definition) is 2. The number of aliphatic carboxylic acids is 1. The van der Waals surface area contributed by atoms with Gasteiger partial charge < -0.3 is 24.7 Å². The lowest BCUT2D eigenvalue weighted by atomic mass is 9.65. The maximum atomic E-state index is 14.2. The molecule has 2 bridgehead atoms. The van der Waals surface area contributed by atoms with Gasteiger partial charge in [0.15, 0.2) is 0 Å². The van der Waals surface area contributed by atoms with Crippen LogP contribution in [-0.2, 0) is 19.1 Å². The Morgan fingerprint density at radius 1 is 1.29 bits per heavy atom. The molecule has 1 aromatic carbocycles. The summed E-state index contributed by atoms with van der Waals surface area (Å²) in [7, 11) is 0.